The second-order valence-electron chi connectivity index (χ2n) is 6.12. The summed E-state index contributed by atoms with van der Waals surface area (Å²) in [5.41, 5.74) is 0.590. The molecule has 0 aliphatic carbocycles. The van der Waals surface area contributed by atoms with Crippen molar-refractivity contribution in [1.82, 2.24) is 9.46 Å². The molecule has 27 heavy (non-hydrogen) atoms. The third-order valence-electron chi connectivity index (χ3n) is 3.74. The van der Waals surface area contributed by atoms with Gasteiger partial charge in [0.05, 0.1) is 10.5 Å². The minimum atomic E-state index is -3.71. The average Bonchev–Trinajstić information content (AvgIpc) is 2.99. The largest absolute Gasteiger partial charge is 0.449 e. The first-order chi connectivity index (χ1) is 12.5. The molecule has 1 amide bonds. The van der Waals surface area contributed by atoms with E-state index < -0.39 is 28.0 Å². The molecule has 0 aliphatic heterocycles. The van der Waals surface area contributed by atoms with Gasteiger partial charge < -0.3 is 14.6 Å². The molecule has 1 aromatic carbocycles. The van der Waals surface area contributed by atoms with Crippen molar-refractivity contribution in [3.8, 4) is 0 Å². The highest BCUT2D eigenvalue weighted by molar-refractivity contribution is 7.89. The van der Waals surface area contributed by atoms with E-state index in [4.69, 9.17) is 9.26 Å². The van der Waals surface area contributed by atoms with E-state index in [1.165, 1.54) is 45.3 Å². The van der Waals surface area contributed by atoms with Crippen molar-refractivity contribution >= 4 is 27.7 Å². The molecular formula is C17H21N3O6S. The van der Waals surface area contributed by atoms with Gasteiger partial charge in [-0.3, -0.25) is 4.79 Å². The van der Waals surface area contributed by atoms with Crippen LogP contribution in [-0.2, 0) is 19.6 Å². The number of nitrogens with zero attached hydrogens (tertiary/aromatic N) is 2. The van der Waals surface area contributed by atoms with Crippen LogP contribution in [0.2, 0.25) is 0 Å². The molecule has 0 spiro atoms. The van der Waals surface area contributed by atoms with Gasteiger partial charge in [0, 0.05) is 20.2 Å². The van der Waals surface area contributed by atoms with Crippen LogP contribution in [0.4, 0.5) is 5.82 Å². The first-order valence-corrected chi connectivity index (χ1v) is 9.44. The number of carbonyl (C=O) groups is 2. The zero-order valence-electron chi connectivity index (χ0n) is 15.6. The SMILES string of the molecule is Cc1cc(NC(=O)C(C)OC(=O)c2cc(S(=O)(=O)N(C)C)ccc2C)no1. The topological polar surface area (TPSA) is 119 Å². The number of sulfonamides is 1. The van der Waals surface area contributed by atoms with Gasteiger partial charge in [-0.1, -0.05) is 11.2 Å². The van der Waals surface area contributed by atoms with E-state index in [-0.39, 0.29) is 16.3 Å². The summed E-state index contributed by atoms with van der Waals surface area (Å²) in [6.07, 6.45) is -1.12. The monoisotopic (exact) mass is 395 g/mol. The predicted molar refractivity (Wildman–Crippen MR) is 96.8 cm³/mol. The molecule has 2 rings (SSSR count). The van der Waals surface area contributed by atoms with Gasteiger partial charge in [-0.05, 0) is 38.5 Å². The van der Waals surface area contributed by atoms with E-state index in [1.807, 2.05) is 0 Å². The summed E-state index contributed by atoms with van der Waals surface area (Å²) in [5, 5.41) is 6.09. The van der Waals surface area contributed by atoms with Gasteiger partial charge in [0.15, 0.2) is 11.9 Å². The Morgan fingerprint density at radius 2 is 1.89 bits per heavy atom. The summed E-state index contributed by atoms with van der Waals surface area (Å²) in [6.45, 7) is 4.71. The van der Waals surface area contributed by atoms with Crippen molar-refractivity contribution in [3.63, 3.8) is 0 Å². The number of amides is 1. The number of anilines is 1. The maximum Gasteiger partial charge on any atom is 0.339 e. The Hall–Kier alpha value is -2.72. The van der Waals surface area contributed by atoms with E-state index in [1.54, 1.807) is 13.8 Å². The van der Waals surface area contributed by atoms with Gasteiger partial charge in [0.1, 0.15) is 5.76 Å². The van der Waals surface area contributed by atoms with Crippen LogP contribution in [0.25, 0.3) is 0 Å². The summed E-state index contributed by atoms with van der Waals surface area (Å²) in [5.74, 6) is -0.672. The van der Waals surface area contributed by atoms with Gasteiger partial charge in [-0.15, -0.1) is 0 Å². The summed E-state index contributed by atoms with van der Waals surface area (Å²) in [6, 6.07) is 5.67. The Bertz CT molecular complexity index is 965. The van der Waals surface area contributed by atoms with Gasteiger partial charge in [0.25, 0.3) is 5.91 Å². The van der Waals surface area contributed by atoms with Crippen molar-refractivity contribution in [2.24, 2.45) is 0 Å². The molecule has 0 radical (unpaired) electrons. The van der Waals surface area contributed by atoms with Crippen molar-refractivity contribution in [1.29, 1.82) is 0 Å². The van der Waals surface area contributed by atoms with Crippen LogP contribution < -0.4 is 5.32 Å². The van der Waals surface area contributed by atoms with Gasteiger partial charge in [-0.25, -0.2) is 17.5 Å². The Morgan fingerprint density at radius 1 is 1.22 bits per heavy atom. The molecule has 146 valence electrons. The highest BCUT2D eigenvalue weighted by Gasteiger charge is 2.24. The lowest BCUT2D eigenvalue weighted by molar-refractivity contribution is -0.123. The third kappa shape index (κ3) is 4.72. The Labute approximate surface area is 157 Å². The van der Waals surface area contributed by atoms with E-state index in [0.29, 0.717) is 11.3 Å². The van der Waals surface area contributed by atoms with Crippen LogP contribution >= 0.6 is 0 Å². The minimum absolute atomic E-state index is 0.0415. The van der Waals surface area contributed by atoms with Crippen LogP contribution in [0, 0.1) is 13.8 Å². The van der Waals surface area contributed by atoms with Gasteiger partial charge in [0.2, 0.25) is 10.0 Å². The molecule has 0 fully saturated rings. The number of aromatic nitrogens is 1. The molecule has 1 aromatic heterocycles. The lowest BCUT2D eigenvalue weighted by Gasteiger charge is -2.15. The van der Waals surface area contributed by atoms with Crippen LogP contribution in [0.15, 0.2) is 33.7 Å². The summed E-state index contributed by atoms with van der Waals surface area (Å²) < 4.78 is 35.6. The number of hydrogen-bond donors (Lipinski definition) is 1. The second-order valence-corrected chi connectivity index (χ2v) is 8.28. The molecular weight excluding hydrogens is 374 g/mol. The molecule has 0 bridgehead atoms. The van der Waals surface area contributed by atoms with Crippen LogP contribution in [0.1, 0.15) is 28.6 Å². The molecule has 2 aromatic rings. The number of carbonyl (C=O) groups excluding carboxylic acids is 2. The lowest BCUT2D eigenvalue weighted by atomic mass is 10.1. The average molecular weight is 395 g/mol. The predicted octanol–water partition coefficient (Wildman–Crippen LogP) is 1.73. The zero-order chi connectivity index (χ0) is 20.4. The van der Waals surface area contributed by atoms with Gasteiger partial charge >= 0.3 is 5.97 Å². The highest BCUT2D eigenvalue weighted by Crippen LogP contribution is 2.19. The number of ether oxygens (including phenoxy) is 1. The Kier molecular flexibility index (Phi) is 6.01. The number of aryl methyl sites for hydroxylation is 2. The molecule has 0 saturated heterocycles. The molecule has 10 heteroatoms. The van der Waals surface area contributed by atoms with E-state index >= 15 is 0 Å². The lowest BCUT2D eigenvalue weighted by Crippen LogP contribution is -2.30. The van der Waals surface area contributed by atoms with Crippen molar-refractivity contribution in [3.05, 3.63) is 41.2 Å². The fourth-order valence-corrected chi connectivity index (χ4v) is 3.05. The number of hydrogen-bond acceptors (Lipinski definition) is 7. The van der Waals surface area contributed by atoms with Crippen LogP contribution in [0.5, 0.6) is 0 Å². The summed E-state index contributed by atoms with van der Waals surface area (Å²) >= 11 is 0. The third-order valence-corrected chi connectivity index (χ3v) is 5.55. The Morgan fingerprint density at radius 3 is 2.44 bits per heavy atom. The fourth-order valence-electron chi connectivity index (χ4n) is 2.12. The normalized spacial score (nSPS) is 12.7. The number of rotatable bonds is 6. The van der Waals surface area contributed by atoms with Crippen LogP contribution in [-0.4, -0.2) is 50.0 Å². The summed E-state index contributed by atoms with van der Waals surface area (Å²) in [4.78, 5) is 24.5. The number of nitrogens with one attached hydrogen (secondary N) is 1. The highest BCUT2D eigenvalue weighted by atomic mass is 32.2. The maximum atomic E-state index is 12.4. The van der Waals surface area contributed by atoms with Crippen molar-refractivity contribution < 1.29 is 27.3 Å². The molecule has 1 heterocycles. The van der Waals surface area contributed by atoms with Gasteiger partial charge in [-0.2, -0.15) is 0 Å². The molecule has 1 atom stereocenters. The summed E-state index contributed by atoms with van der Waals surface area (Å²) in [7, 11) is -0.917. The maximum absolute atomic E-state index is 12.4. The minimum Gasteiger partial charge on any atom is -0.449 e. The fraction of sp³-hybridized carbons (Fsp3) is 0.353. The van der Waals surface area contributed by atoms with E-state index in [0.717, 1.165) is 4.31 Å². The van der Waals surface area contributed by atoms with Crippen LogP contribution in [0.3, 0.4) is 0 Å². The number of esters is 1. The smallest absolute Gasteiger partial charge is 0.339 e. The van der Waals surface area contributed by atoms with E-state index in [2.05, 4.69) is 10.5 Å². The standard InChI is InChI=1S/C17H21N3O6S/c1-10-6-7-13(27(23,24)20(4)5)9-14(10)17(22)25-12(3)16(21)18-15-8-11(2)26-19-15/h6-9,12H,1-5H3,(H,18,19,21). The second kappa shape index (κ2) is 7.89. The van der Waals surface area contributed by atoms with E-state index in [9.17, 15) is 18.0 Å². The molecule has 0 aliphatic rings. The molecule has 1 N–H and O–H groups in total. The first-order valence-electron chi connectivity index (χ1n) is 8.00. The Balaban J connectivity index is 2.16. The number of benzene rings is 1. The van der Waals surface area contributed by atoms with Crippen molar-refractivity contribution in [2.45, 2.75) is 31.8 Å². The molecule has 9 nitrogen and oxygen atoms in total. The first kappa shape index (κ1) is 20.6. The molecule has 0 saturated carbocycles. The quantitative estimate of drug-likeness (QED) is 0.740. The molecule has 1 unspecified atom stereocenters. The zero-order valence-corrected chi connectivity index (χ0v) is 16.5. The van der Waals surface area contributed by atoms with Crippen molar-refractivity contribution in [2.75, 3.05) is 19.4 Å².